The fourth-order valence-corrected chi connectivity index (χ4v) is 8.72. The van der Waals surface area contributed by atoms with Crippen molar-refractivity contribution in [2.24, 2.45) is 0 Å². The summed E-state index contributed by atoms with van der Waals surface area (Å²) in [5, 5.41) is 0. The molecule has 2 nitrogen and oxygen atoms in total. The van der Waals surface area contributed by atoms with Gasteiger partial charge in [0.15, 0.2) is 0 Å². The quantitative estimate of drug-likeness (QED) is 0.222. The average molecular weight is 369 g/mol. The molecular formula is C17H37O2PS2. The molecule has 0 heterocycles. The van der Waals surface area contributed by atoms with Crippen molar-refractivity contribution < 1.29 is 9.05 Å². The Kier molecular flexibility index (Phi) is 13.8. The summed E-state index contributed by atoms with van der Waals surface area (Å²) in [7, 11) is 0. The number of hydrogen-bond donors (Lipinski definition) is 0. The van der Waals surface area contributed by atoms with Crippen molar-refractivity contribution in [2.45, 2.75) is 97.2 Å². The van der Waals surface area contributed by atoms with Crippen LogP contribution in [0.2, 0.25) is 0 Å². The molecule has 0 aromatic heterocycles. The average Bonchev–Trinajstić information content (AvgIpc) is 2.46. The van der Waals surface area contributed by atoms with Crippen LogP contribution in [0.5, 0.6) is 0 Å². The third kappa shape index (κ3) is 12.4. The standard InChI is InChI=1S/C17H37O2PS2/c1-6-9-11-13-15-18-20(21,22-17(4,5)8-3)19-16-14-12-10-7-2/h6-16H2,1-5H3. The van der Waals surface area contributed by atoms with E-state index in [1.165, 1.54) is 38.5 Å². The van der Waals surface area contributed by atoms with E-state index in [0.29, 0.717) is 0 Å². The molecule has 0 amide bonds. The molecule has 0 bridgehead atoms. The fourth-order valence-electron chi connectivity index (χ4n) is 1.87. The molecule has 134 valence electrons. The zero-order chi connectivity index (χ0) is 16.9. The van der Waals surface area contributed by atoms with Crippen LogP contribution in [0, 0.1) is 0 Å². The van der Waals surface area contributed by atoms with E-state index in [1.54, 1.807) is 11.4 Å². The van der Waals surface area contributed by atoms with Gasteiger partial charge < -0.3 is 9.05 Å². The van der Waals surface area contributed by atoms with Crippen LogP contribution in [0.25, 0.3) is 0 Å². The molecule has 0 atom stereocenters. The first-order chi connectivity index (χ1) is 10.4. The molecule has 0 unspecified atom stereocenters. The fraction of sp³-hybridized carbons (Fsp3) is 1.00. The zero-order valence-corrected chi connectivity index (χ0v) is 17.9. The molecule has 0 rings (SSSR count). The maximum absolute atomic E-state index is 6.09. The van der Waals surface area contributed by atoms with E-state index in [9.17, 15) is 0 Å². The summed E-state index contributed by atoms with van der Waals surface area (Å²) >= 11 is 7.56. The summed E-state index contributed by atoms with van der Waals surface area (Å²) in [6, 6.07) is 0. The Morgan fingerprint density at radius 1 is 0.818 bits per heavy atom. The predicted molar refractivity (Wildman–Crippen MR) is 106 cm³/mol. The second-order valence-corrected chi connectivity index (χ2v) is 13.3. The van der Waals surface area contributed by atoms with Gasteiger partial charge in [0.2, 0.25) is 5.69 Å². The third-order valence-corrected chi connectivity index (χ3v) is 9.80. The molecule has 0 N–H and O–H groups in total. The summed E-state index contributed by atoms with van der Waals surface area (Å²) in [5.41, 5.74) is -2.20. The maximum Gasteiger partial charge on any atom is 0.247 e. The first kappa shape index (κ1) is 22.9. The van der Waals surface area contributed by atoms with Crippen molar-refractivity contribution in [3.63, 3.8) is 0 Å². The van der Waals surface area contributed by atoms with Crippen molar-refractivity contribution in [2.75, 3.05) is 13.2 Å². The van der Waals surface area contributed by atoms with Gasteiger partial charge in [0.1, 0.15) is 0 Å². The molecule has 0 aliphatic rings. The Morgan fingerprint density at radius 2 is 1.27 bits per heavy atom. The van der Waals surface area contributed by atoms with Crippen molar-refractivity contribution in [1.29, 1.82) is 0 Å². The Bertz CT molecular complexity index is 291. The van der Waals surface area contributed by atoms with Crippen molar-refractivity contribution >= 4 is 28.9 Å². The maximum atomic E-state index is 6.09. The second kappa shape index (κ2) is 13.2. The van der Waals surface area contributed by atoms with Crippen LogP contribution < -0.4 is 0 Å². The Labute approximate surface area is 148 Å². The van der Waals surface area contributed by atoms with E-state index in [2.05, 4.69) is 34.6 Å². The summed E-state index contributed by atoms with van der Waals surface area (Å²) in [6.07, 6.45) is 10.8. The molecule has 0 aliphatic heterocycles. The predicted octanol–water partition coefficient (Wildman–Crippen LogP) is 7.33. The van der Waals surface area contributed by atoms with Crippen LogP contribution in [0.4, 0.5) is 0 Å². The van der Waals surface area contributed by atoms with Crippen LogP contribution >= 0.6 is 17.1 Å². The number of rotatable bonds is 15. The molecule has 0 saturated carbocycles. The van der Waals surface area contributed by atoms with Crippen LogP contribution in [0.3, 0.4) is 0 Å². The molecule has 0 aromatic carbocycles. The van der Waals surface area contributed by atoms with Gasteiger partial charge in [-0.25, -0.2) is 0 Å². The first-order valence-electron chi connectivity index (χ1n) is 8.99. The molecule has 0 aliphatic carbocycles. The van der Waals surface area contributed by atoms with Gasteiger partial charge in [-0.1, -0.05) is 84.5 Å². The van der Waals surface area contributed by atoms with Crippen molar-refractivity contribution in [3.8, 4) is 0 Å². The lowest BCUT2D eigenvalue weighted by molar-refractivity contribution is 0.249. The van der Waals surface area contributed by atoms with Gasteiger partial charge in [0, 0.05) is 4.75 Å². The Morgan fingerprint density at radius 3 is 1.64 bits per heavy atom. The molecule has 0 radical (unpaired) electrons. The number of hydrogen-bond acceptors (Lipinski definition) is 4. The number of unbranched alkanes of at least 4 members (excludes halogenated alkanes) is 6. The minimum Gasteiger partial charge on any atom is -0.322 e. The van der Waals surface area contributed by atoms with E-state index < -0.39 is 5.69 Å². The largest absolute Gasteiger partial charge is 0.322 e. The third-order valence-electron chi connectivity index (χ3n) is 3.70. The van der Waals surface area contributed by atoms with E-state index in [4.69, 9.17) is 20.9 Å². The summed E-state index contributed by atoms with van der Waals surface area (Å²) < 4.78 is 12.3. The molecule has 5 heteroatoms. The first-order valence-corrected chi connectivity index (χ1v) is 13.0. The van der Waals surface area contributed by atoms with E-state index >= 15 is 0 Å². The minimum absolute atomic E-state index is 0.127. The molecule has 0 aromatic rings. The monoisotopic (exact) mass is 368 g/mol. The van der Waals surface area contributed by atoms with Gasteiger partial charge >= 0.3 is 0 Å². The Hall–Kier alpha value is 0.920. The van der Waals surface area contributed by atoms with Gasteiger partial charge in [-0.15, -0.1) is 0 Å². The van der Waals surface area contributed by atoms with Gasteiger partial charge in [-0.3, -0.25) is 0 Å². The normalized spacial score (nSPS) is 12.8. The van der Waals surface area contributed by atoms with Crippen LogP contribution in [0.15, 0.2) is 0 Å². The second-order valence-electron chi connectivity index (χ2n) is 6.44. The highest BCUT2D eigenvalue weighted by atomic mass is 32.9. The van der Waals surface area contributed by atoms with Gasteiger partial charge in [-0.05, 0) is 31.1 Å². The summed E-state index contributed by atoms with van der Waals surface area (Å²) in [5.74, 6) is 0. The van der Waals surface area contributed by atoms with E-state index in [-0.39, 0.29) is 4.75 Å². The lowest BCUT2D eigenvalue weighted by Gasteiger charge is -2.30. The highest BCUT2D eigenvalue weighted by molar-refractivity contribution is 8.68. The zero-order valence-electron chi connectivity index (χ0n) is 15.4. The van der Waals surface area contributed by atoms with Crippen molar-refractivity contribution in [3.05, 3.63) is 0 Å². The van der Waals surface area contributed by atoms with Gasteiger partial charge in [0.05, 0.1) is 13.2 Å². The van der Waals surface area contributed by atoms with E-state index in [0.717, 1.165) is 32.5 Å². The SMILES string of the molecule is CCCCCCOP(=S)(OCCCCCC)SC(C)(C)CC. The minimum atomic E-state index is -2.20. The molecule has 22 heavy (non-hydrogen) atoms. The lowest BCUT2D eigenvalue weighted by Crippen LogP contribution is -2.13. The smallest absolute Gasteiger partial charge is 0.247 e. The van der Waals surface area contributed by atoms with Crippen LogP contribution in [-0.2, 0) is 20.9 Å². The van der Waals surface area contributed by atoms with Crippen LogP contribution in [0.1, 0.15) is 92.4 Å². The highest BCUT2D eigenvalue weighted by Gasteiger charge is 2.29. The van der Waals surface area contributed by atoms with E-state index in [1.807, 2.05) is 0 Å². The van der Waals surface area contributed by atoms with Crippen molar-refractivity contribution in [1.82, 2.24) is 0 Å². The topological polar surface area (TPSA) is 18.5 Å². The summed E-state index contributed by atoms with van der Waals surface area (Å²) in [4.78, 5) is 0. The molecular weight excluding hydrogens is 331 g/mol. The summed E-state index contributed by atoms with van der Waals surface area (Å²) in [6.45, 7) is 12.6. The van der Waals surface area contributed by atoms with Gasteiger partial charge in [0.25, 0.3) is 0 Å². The lowest BCUT2D eigenvalue weighted by atomic mass is 10.1. The molecule has 0 fully saturated rings. The molecule has 0 spiro atoms. The Balaban J connectivity index is 4.32. The van der Waals surface area contributed by atoms with Gasteiger partial charge in [-0.2, -0.15) is 0 Å². The molecule has 0 saturated heterocycles. The van der Waals surface area contributed by atoms with Crippen LogP contribution in [-0.4, -0.2) is 18.0 Å². The highest BCUT2D eigenvalue weighted by Crippen LogP contribution is 2.66.